The minimum atomic E-state index is -0.319. The Labute approximate surface area is 114 Å². The molecule has 0 saturated carbocycles. The Morgan fingerprint density at radius 3 is 3.21 bits per heavy atom. The molecular weight excluding hydrogens is 264 g/mol. The fourth-order valence-electron chi connectivity index (χ4n) is 2.25. The molecular formula is C12H14N4O2S. The number of hydrogen-bond acceptors (Lipinski definition) is 6. The summed E-state index contributed by atoms with van der Waals surface area (Å²) in [7, 11) is 1.79. The first-order valence-electron chi connectivity index (χ1n) is 6.06. The second kappa shape index (κ2) is 5.10. The molecule has 1 aliphatic rings. The van der Waals surface area contributed by atoms with Crippen LogP contribution in [0, 0.1) is 0 Å². The number of oxazole rings is 1. The lowest BCUT2D eigenvalue weighted by Gasteiger charge is -2.22. The van der Waals surface area contributed by atoms with Crippen LogP contribution >= 0.6 is 11.3 Å². The molecule has 0 bridgehead atoms. The Balaban J connectivity index is 1.85. The Bertz CT molecular complexity index is 566. The van der Waals surface area contributed by atoms with E-state index in [1.54, 1.807) is 23.7 Å². The average Bonchev–Trinajstić information content (AvgIpc) is 3.04. The second-order valence-electron chi connectivity index (χ2n) is 4.32. The number of amides is 1. The standard InChI is InChI=1S/C12H14N4O2S/c1-13-10-11-8(15-7-19-11)2-4-16(12(10)17)6-9-14-3-5-18-9/h3,5,7,10,13H,2,4,6H2,1H3. The van der Waals surface area contributed by atoms with Gasteiger partial charge >= 0.3 is 0 Å². The normalized spacial score (nSPS) is 19.3. The molecule has 6 nitrogen and oxygen atoms in total. The van der Waals surface area contributed by atoms with Crippen LogP contribution in [0.15, 0.2) is 22.4 Å². The quantitative estimate of drug-likeness (QED) is 0.906. The van der Waals surface area contributed by atoms with Gasteiger partial charge in [0.1, 0.15) is 12.3 Å². The number of thiazole rings is 1. The average molecular weight is 278 g/mol. The van der Waals surface area contributed by atoms with Crippen molar-refractivity contribution in [3.05, 3.63) is 34.4 Å². The number of likely N-dealkylation sites (N-methyl/N-ethyl adjacent to an activating group) is 1. The van der Waals surface area contributed by atoms with E-state index in [-0.39, 0.29) is 11.9 Å². The van der Waals surface area contributed by atoms with E-state index in [1.165, 1.54) is 17.6 Å². The van der Waals surface area contributed by atoms with Gasteiger partial charge in [0.25, 0.3) is 0 Å². The maximum absolute atomic E-state index is 12.5. The van der Waals surface area contributed by atoms with Gasteiger partial charge in [-0.3, -0.25) is 4.79 Å². The van der Waals surface area contributed by atoms with Crippen LogP contribution < -0.4 is 5.32 Å². The Morgan fingerprint density at radius 1 is 1.58 bits per heavy atom. The van der Waals surface area contributed by atoms with Crippen LogP contribution in [0.2, 0.25) is 0 Å². The van der Waals surface area contributed by atoms with Crippen molar-refractivity contribution in [1.29, 1.82) is 0 Å². The summed E-state index contributed by atoms with van der Waals surface area (Å²) in [5.74, 6) is 0.602. The zero-order valence-corrected chi connectivity index (χ0v) is 11.3. The van der Waals surface area contributed by atoms with E-state index in [4.69, 9.17) is 4.42 Å². The number of nitrogens with zero attached hydrogens (tertiary/aromatic N) is 3. The molecule has 3 heterocycles. The summed E-state index contributed by atoms with van der Waals surface area (Å²) in [6, 6.07) is -0.319. The molecule has 2 aromatic heterocycles. The fourth-order valence-corrected chi connectivity index (χ4v) is 3.19. The molecule has 1 amide bonds. The van der Waals surface area contributed by atoms with Gasteiger partial charge in [-0.2, -0.15) is 0 Å². The smallest absolute Gasteiger partial charge is 0.245 e. The number of fused-ring (bicyclic) bond motifs is 1. The van der Waals surface area contributed by atoms with E-state index in [2.05, 4.69) is 15.3 Å². The first-order valence-corrected chi connectivity index (χ1v) is 6.94. The van der Waals surface area contributed by atoms with Gasteiger partial charge in [0.15, 0.2) is 0 Å². The summed E-state index contributed by atoms with van der Waals surface area (Å²) in [6.07, 6.45) is 3.88. The van der Waals surface area contributed by atoms with E-state index < -0.39 is 0 Å². The highest BCUT2D eigenvalue weighted by Gasteiger charge is 2.32. The third-order valence-electron chi connectivity index (χ3n) is 3.21. The van der Waals surface area contributed by atoms with Crippen LogP contribution in [-0.4, -0.2) is 34.4 Å². The molecule has 0 aliphatic carbocycles. The molecule has 1 N–H and O–H groups in total. The van der Waals surface area contributed by atoms with Gasteiger partial charge in [0.05, 0.1) is 28.8 Å². The highest BCUT2D eigenvalue weighted by molar-refractivity contribution is 7.10. The molecule has 1 aliphatic heterocycles. The number of aromatic nitrogens is 2. The van der Waals surface area contributed by atoms with Gasteiger partial charge in [0.2, 0.25) is 11.8 Å². The van der Waals surface area contributed by atoms with E-state index in [9.17, 15) is 4.79 Å². The van der Waals surface area contributed by atoms with Crippen LogP contribution in [-0.2, 0) is 17.8 Å². The van der Waals surface area contributed by atoms with Crippen molar-refractivity contribution in [1.82, 2.24) is 20.2 Å². The van der Waals surface area contributed by atoms with Crippen LogP contribution in [0.3, 0.4) is 0 Å². The molecule has 7 heteroatoms. The zero-order valence-electron chi connectivity index (χ0n) is 10.5. The number of carbonyl (C=O) groups excluding carboxylic acids is 1. The SMILES string of the molecule is CNC1C(=O)N(Cc2ncco2)CCc2ncsc21. The van der Waals surface area contributed by atoms with Crippen molar-refractivity contribution in [3.8, 4) is 0 Å². The largest absolute Gasteiger partial charge is 0.447 e. The Hall–Kier alpha value is -1.73. The Kier molecular flexibility index (Phi) is 3.31. The molecule has 0 radical (unpaired) electrons. The first-order chi connectivity index (χ1) is 9.29. The van der Waals surface area contributed by atoms with Gasteiger partial charge in [-0.1, -0.05) is 0 Å². The lowest BCUT2D eigenvalue weighted by Crippen LogP contribution is -2.38. The summed E-state index contributed by atoms with van der Waals surface area (Å²) < 4.78 is 5.21. The van der Waals surface area contributed by atoms with Crippen LogP contribution in [0.4, 0.5) is 0 Å². The monoisotopic (exact) mass is 278 g/mol. The van der Waals surface area contributed by atoms with Crippen LogP contribution in [0.25, 0.3) is 0 Å². The summed E-state index contributed by atoms with van der Waals surface area (Å²) >= 11 is 1.52. The molecule has 0 spiro atoms. The predicted molar refractivity (Wildman–Crippen MR) is 69.5 cm³/mol. The number of rotatable bonds is 3. The lowest BCUT2D eigenvalue weighted by molar-refractivity contribution is -0.134. The summed E-state index contributed by atoms with van der Waals surface area (Å²) in [4.78, 5) is 23.7. The van der Waals surface area contributed by atoms with Crippen LogP contribution in [0.5, 0.6) is 0 Å². The number of nitrogens with one attached hydrogen (secondary N) is 1. The van der Waals surface area contributed by atoms with Crippen molar-refractivity contribution in [2.24, 2.45) is 0 Å². The molecule has 100 valence electrons. The van der Waals surface area contributed by atoms with Gasteiger partial charge in [0, 0.05) is 13.0 Å². The predicted octanol–water partition coefficient (Wildman–Crippen LogP) is 0.976. The maximum atomic E-state index is 12.5. The third-order valence-corrected chi connectivity index (χ3v) is 4.15. The van der Waals surface area contributed by atoms with E-state index in [0.717, 1.165) is 17.0 Å². The van der Waals surface area contributed by atoms with Gasteiger partial charge in [-0.05, 0) is 7.05 Å². The van der Waals surface area contributed by atoms with Crippen LogP contribution in [0.1, 0.15) is 22.5 Å². The molecule has 2 aromatic rings. The van der Waals surface area contributed by atoms with E-state index >= 15 is 0 Å². The van der Waals surface area contributed by atoms with Crippen molar-refractivity contribution in [2.75, 3.05) is 13.6 Å². The first kappa shape index (κ1) is 12.3. The number of carbonyl (C=O) groups is 1. The molecule has 1 unspecified atom stereocenters. The second-order valence-corrected chi connectivity index (χ2v) is 5.21. The molecule has 3 rings (SSSR count). The third kappa shape index (κ3) is 2.26. The zero-order chi connectivity index (χ0) is 13.2. The summed E-state index contributed by atoms with van der Waals surface area (Å²) in [6.45, 7) is 1.04. The lowest BCUT2D eigenvalue weighted by atomic mass is 10.2. The van der Waals surface area contributed by atoms with E-state index in [1.807, 2.05) is 0 Å². The van der Waals surface area contributed by atoms with Crippen molar-refractivity contribution < 1.29 is 9.21 Å². The van der Waals surface area contributed by atoms with Crippen molar-refractivity contribution in [3.63, 3.8) is 0 Å². The van der Waals surface area contributed by atoms with Gasteiger partial charge in [-0.25, -0.2) is 9.97 Å². The minimum absolute atomic E-state index is 0.0451. The number of hydrogen-bond donors (Lipinski definition) is 1. The molecule has 19 heavy (non-hydrogen) atoms. The summed E-state index contributed by atoms with van der Waals surface area (Å²) in [5.41, 5.74) is 2.80. The van der Waals surface area contributed by atoms with Crippen molar-refractivity contribution >= 4 is 17.2 Å². The van der Waals surface area contributed by atoms with Gasteiger partial charge in [-0.15, -0.1) is 11.3 Å². The molecule has 0 fully saturated rings. The minimum Gasteiger partial charge on any atom is -0.447 e. The van der Waals surface area contributed by atoms with Gasteiger partial charge < -0.3 is 14.6 Å². The Morgan fingerprint density at radius 2 is 2.47 bits per heavy atom. The molecule has 1 atom stereocenters. The molecule has 0 saturated heterocycles. The highest BCUT2D eigenvalue weighted by atomic mass is 32.1. The highest BCUT2D eigenvalue weighted by Crippen LogP contribution is 2.28. The fraction of sp³-hybridized carbons (Fsp3) is 0.417. The maximum Gasteiger partial charge on any atom is 0.245 e. The molecule has 0 aromatic carbocycles. The topological polar surface area (TPSA) is 71.3 Å². The summed E-state index contributed by atoms with van der Waals surface area (Å²) in [5, 5.41) is 3.07. The van der Waals surface area contributed by atoms with E-state index in [0.29, 0.717) is 19.0 Å². The van der Waals surface area contributed by atoms with Crippen molar-refractivity contribution in [2.45, 2.75) is 19.0 Å².